The van der Waals surface area contributed by atoms with Gasteiger partial charge in [-0.15, -0.1) is 0 Å². The molecule has 2 aromatic heterocycles. The summed E-state index contributed by atoms with van der Waals surface area (Å²) in [5.41, 5.74) is 7.86. The van der Waals surface area contributed by atoms with Crippen LogP contribution >= 0.6 is 0 Å². The van der Waals surface area contributed by atoms with E-state index in [0.29, 0.717) is 5.69 Å². The van der Waals surface area contributed by atoms with Gasteiger partial charge in [0.2, 0.25) is 0 Å². The van der Waals surface area contributed by atoms with Gasteiger partial charge in [0, 0.05) is 35.7 Å². The number of carbonyl (C=O) groups is 1. The normalized spacial score (nSPS) is 16.6. The lowest BCUT2D eigenvalue weighted by Gasteiger charge is -2.14. The number of hydrogen-bond donors (Lipinski definition) is 2. The molecule has 0 unspecified atom stereocenters. The van der Waals surface area contributed by atoms with Crippen molar-refractivity contribution in [2.24, 2.45) is 5.10 Å². The minimum absolute atomic E-state index is 0.281. The van der Waals surface area contributed by atoms with Crippen LogP contribution in [0.2, 0.25) is 0 Å². The number of hydrazone groups is 1. The van der Waals surface area contributed by atoms with Gasteiger partial charge in [-0.1, -0.05) is 30.3 Å². The number of aryl methyl sites for hydroxylation is 1. The number of amides is 1. The summed E-state index contributed by atoms with van der Waals surface area (Å²) in [7, 11) is 0. The monoisotopic (exact) mass is 391 g/mol. The van der Waals surface area contributed by atoms with Gasteiger partial charge < -0.3 is 9.30 Å². The SMILES string of the molecule is Cc1cc(/C=N\NC(=O)c2cc(-c3ccccc3)n[nH]2)c(C)n1C[C@H]1CCCO1. The van der Waals surface area contributed by atoms with Crippen LogP contribution in [-0.2, 0) is 11.3 Å². The molecule has 0 aliphatic carbocycles. The number of nitrogens with one attached hydrogen (secondary N) is 2. The van der Waals surface area contributed by atoms with E-state index in [4.69, 9.17) is 4.74 Å². The molecule has 1 amide bonds. The summed E-state index contributed by atoms with van der Waals surface area (Å²) < 4.78 is 8.00. The van der Waals surface area contributed by atoms with Crippen molar-refractivity contribution in [1.82, 2.24) is 20.2 Å². The Labute approximate surface area is 169 Å². The van der Waals surface area contributed by atoms with Gasteiger partial charge in [-0.3, -0.25) is 9.89 Å². The standard InChI is InChI=1S/C22H25N5O2/c1-15-11-18(16(2)27(15)14-19-9-6-10-29-19)13-23-26-22(28)21-12-20(24-25-21)17-7-4-3-5-8-17/h3-5,7-8,11-13,19H,6,9-10,14H2,1-2H3,(H,24,25)(H,26,28)/b23-13-/t19-/m1/s1. The smallest absolute Gasteiger partial charge is 0.289 e. The number of carbonyl (C=O) groups excluding carboxylic acids is 1. The largest absolute Gasteiger partial charge is 0.376 e. The predicted octanol–water partition coefficient (Wildman–Crippen LogP) is 3.44. The molecule has 1 saturated heterocycles. The molecule has 3 heterocycles. The van der Waals surface area contributed by atoms with Crippen LogP contribution in [0.4, 0.5) is 0 Å². The molecule has 0 bridgehead atoms. The van der Waals surface area contributed by atoms with E-state index >= 15 is 0 Å². The summed E-state index contributed by atoms with van der Waals surface area (Å²) in [6.45, 7) is 5.85. The summed E-state index contributed by atoms with van der Waals surface area (Å²) in [6, 6.07) is 13.5. The van der Waals surface area contributed by atoms with Crippen molar-refractivity contribution < 1.29 is 9.53 Å². The molecular formula is C22H25N5O2. The van der Waals surface area contributed by atoms with Crippen LogP contribution in [0.5, 0.6) is 0 Å². The van der Waals surface area contributed by atoms with Gasteiger partial charge in [-0.25, -0.2) is 5.43 Å². The van der Waals surface area contributed by atoms with E-state index in [2.05, 4.69) is 45.2 Å². The van der Waals surface area contributed by atoms with Crippen molar-refractivity contribution in [3.05, 3.63) is 65.1 Å². The maximum absolute atomic E-state index is 12.3. The van der Waals surface area contributed by atoms with Crippen LogP contribution in [0.1, 0.15) is 40.3 Å². The Hall–Kier alpha value is -3.19. The van der Waals surface area contributed by atoms with E-state index in [0.717, 1.165) is 54.2 Å². The van der Waals surface area contributed by atoms with E-state index in [1.807, 2.05) is 30.3 Å². The lowest BCUT2D eigenvalue weighted by atomic mass is 10.1. The van der Waals surface area contributed by atoms with Crippen molar-refractivity contribution in [3.63, 3.8) is 0 Å². The van der Waals surface area contributed by atoms with Crippen LogP contribution in [-0.4, -0.2) is 39.6 Å². The molecule has 1 aliphatic rings. The maximum atomic E-state index is 12.3. The van der Waals surface area contributed by atoms with E-state index < -0.39 is 0 Å². The molecule has 7 heteroatoms. The fraction of sp³-hybridized carbons (Fsp3) is 0.318. The molecule has 29 heavy (non-hydrogen) atoms. The van der Waals surface area contributed by atoms with Gasteiger partial charge >= 0.3 is 0 Å². The molecule has 4 rings (SSSR count). The number of hydrogen-bond acceptors (Lipinski definition) is 4. The Kier molecular flexibility index (Phi) is 5.57. The van der Waals surface area contributed by atoms with E-state index in [9.17, 15) is 4.79 Å². The van der Waals surface area contributed by atoms with Gasteiger partial charge in [-0.2, -0.15) is 10.2 Å². The first-order valence-electron chi connectivity index (χ1n) is 9.84. The highest BCUT2D eigenvalue weighted by Gasteiger charge is 2.18. The third kappa shape index (κ3) is 4.30. The fourth-order valence-corrected chi connectivity index (χ4v) is 3.65. The topological polar surface area (TPSA) is 84.3 Å². The lowest BCUT2D eigenvalue weighted by molar-refractivity contribution is 0.0949. The Bertz CT molecular complexity index is 1010. The second-order valence-corrected chi connectivity index (χ2v) is 7.30. The lowest BCUT2D eigenvalue weighted by Crippen LogP contribution is -2.18. The Balaban J connectivity index is 1.40. The van der Waals surface area contributed by atoms with Crippen LogP contribution in [0, 0.1) is 13.8 Å². The van der Waals surface area contributed by atoms with Crippen LogP contribution < -0.4 is 5.43 Å². The molecule has 150 valence electrons. The van der Waals surface area contributed by atoms with Crippen LogP contribution in [0.25, 0.3) is 11.3 Å². The van der Waals surface area contributed by atoms with Gasteiger partial charge in [0.25, 0.3) is 5.91 Å². The molecule has 0 spiro atoms. The average Bonchev–Trinajstić information content (AvgIpc) is 3.47. The van der Waals surface area contributed by atoms with E-state index in [-0.39, 0.29) is 12.0 Å². The summed E-state index contributed by atoms with van der Waals surface area (Å²) in [6.07, 6.45) is 4.19. The molecular weight excluding hydrogens is 366 g/mol. The molecule has 1 fully saturated rings. The highest BCUT2D eigenvalue weighted by molar-refractivity contribution is 5.94. The average molecular weight is 391 g/mol. The molecule has 0 radical (unpaired) electrons. The van der Waals surface area contributed by atoms with Gasteiger partial charge in [-0.05, 0) is 38.8 Å². The number of aromatic nitrogens is 3. The van der Waals surface area contributed by atoms with E-state index in [1.165, 1.54) is 0 Å². The second-order valence-electron chi connectivity index (χ2n) is 7.30. The predicted molar refractivity (Wildman–Crippen MR) is 112 cm³/mol. The number of H-pyrrole nitrogens is 1. The zero-order chi connectivity index (χ0) is 20.2. The zero-order valence-electron chi connectivity index (χ0n) is 16.7. The first kappa shape index (κ1) is 19.1. The van der Waals surface area contributed by atoms with Crippen molar-refractivity contribution >= 4 is 12.1 Å². The fourth-order valence-electron chi connectivity index (χ4n) is 3.65. The summed E-state index contributed by atoms with van der Waals surface area (Å²) >= 11 is 0. The second kappa shape index (κ2) is 8.45. The number of ether oxygens (including phenoxy) is 1. The van der Waals surface area contributed by atoms with Gasteiger partial charge in [0.05, 0.1) is 18.0 Å². The number of nitrogens with zero attached hydrogens (tertiary/aromatic N) is 3. The Morgan fingerprint density at radius 1 is 1.34 bits per heavy atom. The Morgan fingerprint density at radius 2 is 2.17 bits per heavy atom. The number of rotatable bonds is 6. The first-order chi connectivity index (χ1) is 14.1. The minimum atomic E-state index is -0.330. The highest BCUT2D eigenvalue weighted by Crippen LogP contribution is 2.20. The van der Waals surface area contributed by atoms with Gasteiger partial charge in [0.1, 0.15) is 5.69 Å². The molecule has 1 atom stereocenters. The quantitative estimate of drug-likeness (QED) is 0.499. The van der Waals surface area contributed by atoms with Crippen molar-refractivity contribution in [2.75, 3.05) is 6.61 Å². The van der Waals surface area contributed by atoms with Crippen LogP contribution in [0.3, 0.4) is 0 Å². The summed E-state index contributed by atoms with van der Waals surface area (Å²) in [5, 5.41) is 11.1. The molecule has 1 aromatic carbocycles. The molecule has 0 saturated carbocycles. The Morgan fingerprint density at radius 3 is 2.93 bits per heavy atom. The van der Waals surface area contributed by atoms with E-state index in [1.54, 1.807) is 12.3 Å². The van der Waals surface area contributed by atoms with Gasteiger partial charge in [0.15, 0.2) is 0 Å². The summed E-state index contributed by atoms with van der Waals surface area (Å²) in [5.74, 6) is -0.330. The van der Waals surface area contributed by atoms with Crippen molar-refractivity contribution in [3.8, 4) is 11.3 Å². The maximum Gasteiger partial charge on any atom is 0.289 e. The third-order valence-corrected chi connectivity index (χ3v) is 5.28. The van der Waals surface area contributed by atoms with Crippen molar-refractivity contribution in [1.29, 1.82) is 0 Å². The molecule has 2 N–H and O–H groups in total. The first-order valence-corrected chi connectivity index (χ1v) is 9.84. The van der Waals surface area contributed by atoms with Crippen molar-refractivity contribution in [2.45, 2.75) is 39.3 Å². The minimum Gasteiger partial charge on any atom is -0.376 e. The molecule has 7 nitrogen and oxygen atoms in total. The molecule has 3 aromatic rings. The number of benzene rings is 1. The summed E-state index contributed by atoms with van der Waals surface area (Å²) in [4.78, 5) is 12.3. The molecule has 1 aliphatic heterocycles. The zero-order valence-corrected chi connectivity index (χ0v) is 16.7. The number of aromatic amines is 1. The highest BCUT2D eigenvalue weighted by atomic mass is 16.5. The third-order valence-electron chi connectivity index (χ3n) is 5.28. The van der Waals surface area contributed by atoms with Crippen LogP contribution in [0.15, 0.2) is 47.6 Å².